The van der Waals surface area contributed by atoms with Crippen LogP contribution in [0.5, 0.6) is 0 Å². The highest BCUT2D eigenvalue weighted by Gasteiger charge is 2.00. The molecule has 0 saturated heterocycles. The summed E-state index contributed by atoms with van der Waals surface area (Å²) in [4.78, 5) is 10.9. The highest BCUT2D eigenvalue weighted by atomic mass is 35.5. The number of carbonyl (C=O) groups excluding carboxylic acids is 1. The predicted molar refractivity (Wildman–Crippen MR) is 84.3 cm³/mol. The van der Waals surface area contributed by atoms with Crippen LogP contribution in [0.1, 0.15) is 18.1 Å². The standard InChI is InChI=1S/C16H17ClN2O/c1-11-9-14(17)4-3-13(11)10-18-15-5-7-16(8-6-15)19-12(2)20/h3-9,18H,10H2,1-2H3,(H,19,20). The largest absolute Gasteiger partial charge is 0.381 e. The molecule has 0 aliphatic heterocycles. The van der Waals surface area contributed by atoms with Gasteiger partial charge in [0.05, 0.1) is 0 Å². The maximum absolute atomic E-state index is 10.9. The molecule has 0 heterocycles. The quantitative estimate of drug-likeness (QED) is 0.884. The van der Waals surface area contributed by atoms with E-state index in [0.717, 1.165) is 22.9 Å². The molecule has 2 aromatic carbocycles. The molecule has 0 aliphatic rings. The Morgan fingerprint density at radius 2 is 1.75 bits per heavy atom. The zero-order valence-corrected chi connectivity index (χ0v) is 12.3. The van der Waals surface area contributed by atoms with Gasteiger partial charge in [-0.05, 0) is 54.4 Å². The summed E-state index contributed by atoms with van der Waals surface area (Å²) >= 11 is 5.94. The molecular formula is C16H17ClN2O. The van der Waals surface area contributed by atoms with Crippen molar-refractivity contribution in [3.8, 4) is 0 Å². The molecule has 2 rings (SSSR count). The Morgan fingerprint density at radius 3 is 2.35 bits per heavy atom. The molecule has 104 valence electrons. The third kappa shape index (κ3) is 4.00. The Labute approximate surface area is 124 Å². The second kappa shape index (κ2) is 6.44. The van der Waals surface area contributed by atoms with Crippen LogP contribution in [-0.4, -0.2) is 5.91 Å². The Morgan fingerprint density at radius 1 is 1.10 bits per heavy atom. The molecule has 0 radical (unpaired) electrons. The van der Waals surface area contributed by atoms with Crippen molar-refractivity contribution in [3.63, 3.8) is 0 Å². The van der Waals surface area contributed by atoms with Crippen LogP contribution in [0, 0.1) is 6.92 Å². The lowest BCUT2D eigenvalue weighted by Crippen LogP contribution is -2.06. The van der Waals surface area contributed by atoms with Crippen molar-refractivity contribution in [1.82, 2.24) is 0 Å². The van der Waals surface area contributed by atoms with Crippen molar-refractivity contribution < 1.29 is 4.79 Å². The number of hydrogen-bond donors (Lipinski definition) is 2. The Balaban J connectivity index is 1.98. The van der Waals surface area contributed by atoms with Crippen molar-refractivity contribution >= 4 is 28.9 Å². The van der Waals surface area contributed by atoms with Crippen molar-refractivity contribution in [2.45, 2.75) is 20.4 Å². The van der Waals surface area contributed by atoms with Gasteiger partial charge in [0, 0.05) is 29.9 Å². The summed E-state index contributed by atoms with van der Waals surface area (Å²) in [6, 6.07) is 13.5. The molecule has 2 N–H and O–H groups in total. The first-order valence-electron chi connectivity index (χ1n) is 6.41. The number of amides is 1. The van der Waals surface area contributed by atoms with Crippen molar-refractivity contribution in [3.05, 3.63) is 58.6 Å². The van der Waals surface area contributed by atoms with Crippen molar-refractivity contribution in [2.24, 2.45) is 0 Å². The maximum atomic E-state index is 10.9. The Kier molecular flexibility index (Phi) is 4.64. The maximum Gasteiger partial charge on any atom is 0.221 e. The first kappa shape index (κ1) is 14.4. The molecule has 20 heavy (non-hydrogen) atoms. The fourth-order valence-corrected chi connectivity index (χ4v) is 2.16. The predicted octanol–water partition coefficient (Wildman–Crippen LogP) is 4.22. The van der Waals surface area contributed by atoms with E-state index in [0.29, 0.717) is 0 Å². The molecule has 0 aromatic heterocycles. The average molecular weight is 289 g/mol. The lowest BCUT2D eigenvalue weighted by Gasteiger charge is -2.10. The van der Waals surface area contributed by atoms with Crippen LogP contribution in [0.3, 0.4) is 0 Å². The minimum absolute atomic E-state index is 0.0671. The smallest absolute Gasteiger partial charge is 0.221 e. The van der Waals surface area contributed by atoms with E-state index in [1.165, 1.54) is 18.1 Å². The van der Waals surface area contributed by atoms with Crippen molar-refractivity contribution in [1.29, 1.82) is 0 Å². The number of anilines is 2. The summed E-state index contributed by atoms with van der Waals surface area (Å²) in [5, 5.41) is 6.84. The summed E-state index contributed by atoms with van der Waals surface area (Å²) in [6.45, 7) is 4.28. The van der Waals surface area contributed by atoms with Crippen LogP contribution < -0.4 is 10.6 Å². The fourth-order valence-electron chi connectivity index (χ4n) is 1.93. The third-order valence-corrected chi connectivity index (χ3v) is 3.23. The summed E-state index contributed by atoms with van der Waals surface area (Å²) in [5.41, 5.74) is 4.18. The first-order chi connectivity index (χ1) is 9.54. The van der Waals surface area contributed by atoms with Gasteiger partial charge in [-0.25, -0.2) is 0 Å². The molecule has 0 bridgehead atoms. The van der Waals surface area contributed by atoms with Crippen LogP contribution >= 0.6 is 11.6 Å². The van der Waals surface area contributed by atoms with Gasteiger partial charge in [0.2, 0.25) is 5.91 Å². The number of hydrogen-bond acceptors (Lipinski definition) is 2. The van der Waals surface area contributed by atoms with Gasteiger partial charge in [-0.3, -0.25) is 4.79 Å². The first-order valence-corrected chi connectivity index (χ1v) is 6.79. The number of rotatable bonds is 4. The zero-order valence-electron chi connectivity index (χ0n) is 11.5. The van der Waals surface area contributed by atoms with Crippen LogP contribution in [0.4, 0.5) is 11.4 Å². The van der Waals surface area contributed by atoms with Crippen LogP contribution in [0.2, 0.25) is 5.02 Å². The van der Waals surface area contributed by atoms with E-state index in [9.17, 15) is 4.79 Å². The SMILES string of the molecule is CC(=O)Nc1ccc(NCc2ccc(Cl)cc2C)cc1. The average Bonchev–Trinajstić information content (AvgIpc) is 2.39. The lowest BCUT2D eigenvalue weighted by atomic mass is 10.1. The normalized spacial score (nSPS) is 10.2. The van der Waals surface area contributed by atoms with E-state index in [2.05, 4.69) is 10.6 Å². The van der Waals surface area contributed by atoms with Gasteiger partial charge in [0.1, 0.15) is 0 Å². The molecule has 0 spiro atoms. The molecule has 0 fully saturated rings. The minimum Gasteiger partial charge on any atom is -0.381 e. The van der Waals surface area contributed by atoms with E-state index >= 15 is 0 Å². The summed E-state index contributed by atoms with van der Waals surface area (Å²) < 4.78 is 0. The van der Waals surface area contributed by atoms with E-state index in [1.54, 1.807) is 0 Å². The van der Waals surface area contributed by atoms with E-state index in [-0.39, 0.29) is 5.91 Å². The third-order valence-electron chi connectivity index (χ3n) is 2.99. The van der Waals surface area contributed by atoms with Crippen LogP contribution in [-0.2, 0) is 11.3 Å². The molecule has 4 heteroatoms. The van der Waals surface area contributed by atoms with Gasteiger partial charge in [-0.2, -0.15) is 0 Å². The van der Waals surface area contributed by atoms with E-state index in [4.69, 9.17) is 11.6 Å². The summed E-state index contributed by atoms with van der Waals surface area (Å²) in [7, 11) is 0. The van der Waals surface area contributed by atoms with Gasteiger partial charge < -0.3 is 10.6 Å². The number of carbonyl (C=O) groups is 1. The number of aryl methyl sites for hydroxylation is 1. The highest BCUT2D eigenvalue weighted by molar-refractivity contribution is 6.30. The molecule has 3 nitrogen and oxygen atoms in total. The van der Waals surface area contributed by atoms with E-state index in [1.807, 2.05) is 49.4 Å². The molecule has 1 amide bonds. The Bertz CT molecular complexity index is 608. The second-order valence-corrected chi connectivity index (χ2v) is 5.12. The molecule has 0 saturated carbocycles. The van der Waals surface area contributed by atoms with Crippen molar-refractivity contribution in [2.75, 3.05) is 10.6 Å². The van der Waals surface area contributed by atoms with Gasteiger partial charge in [0.25, 0.3) is 0 Å². The fraction of sp³-hybridized carbons (Fsp3) is 0.188. The van der Waals surface area contributed by atoms with E-state index < -0.39 is 0 Å². The molecular weight excluding hydrogens is 272 g/mol. The second-order valence-electron chi connectivity index (χ2n) is 4.68. The van der Waals surface area contributed by atoms with Gasteiger partial charge >= 0.3 is 0 Å². The lowest BCUT2D eigenvalue weighted by molar-refractivity contribution is -0.114. The number of benzene rings is 2. The van der Waals surface area contributed by atoms with Gasteiger partial charge in [0.15, 0.2) is 0 Å². The topological polar surface area (TPSA) is 41.1 Å². The van der Waals surface area contributed by atoms with Crippen LogP contribution in [0.25, 0.3) is 0 Å². The van der Waals surface area contributed by atoms with Crippen LogP contribution in [0.15, 0.2) is 42.5 Å². The zero-order chi connectivity index (χ0) is 14.5. The molecule has 0 unspecified atom stereocenters. The minimum atomic E-state index is -0.0671. The summed E-state index contributed by atoms with van der Waals surface area (Å²) in [5.74, 6) is -0.0671. The Hall–Kier alpha value is -2.00. The molecule has 0 atom stereocenters. The summed E-state index contributed by atoms with van der Waals surface area (Å²) in [6.07, 6.45) is 0. The highest BCUT2D eigenvalue weighted by Crippen LogP contribution is 2.18. The number of halogens is 1. The molecule has 2 aromatic rings. The van der Waals surface area contributed by atoms with Gasteiger partial charge in [-0.15, -0.1) is 0 Å². The molecule has 0 aliphatic carbocycles. The van der Waals surface area contributed by atoms with Gasteiger partial charge in [-0.1, -0.05) is 17.7 Å². The number of nitrogens with one attached hydrogen (secondary N) is 2. The monoisotopic (exact) mass is 288 g/mol.